The van der Waals surface area contributed by atoms with Crippen LogP contribution in [0.5, 0.6) is 0 Å². The van der Waals surface area contributed by atoms with Crippen LogP contribution in [0.25, 0.3) is 0 Å². The molecule has 1 fully saturated rings. The highest BCUT2D eigenvalue weighted by molar-refractivity contribution is 7.11. The van der Waals surface area contributed by atoms with Crippen molar-refractivity contribution in [3.63, 3.8) is 0 Å². The van der Waals surface area contributed by atoms with Crippen molar-refractivity contribution >= 4 is 28.9 Å². The van der Waals surface area contributed by atoms with Crippen LogP contribution in [0.3, 0.4) is 0 Å². The van der Waals surface area contributed by atoms with Crippen molar-refractivity contribution in [2.75, 3.05) is 18.9 Å². The van der Waals surface area contributed by atoms with Crippen molar-refractivity contribution < 1.29 is 4.79 Å². The summed E-state index contributed by atoms with van der Waals surface area (Å²) in [6.07, 6.45) is 7.13. The van der Waals surface area contributed by atoms with E-state index < -0.39 is 0 Å². The molecule has 150 valence electrons. The van der Waals surface area contributed by atoms with Crippen molar-refractivity contribution in [1.29, 1.82) is 0 Å². The Morgan fingerprint density at radius 2 is 2.11 bits per heavy atom. The van der Waals surface area contributed by atoms with Gasteiger partial charge in [0, 0.05) is 49.2 Å². The van der Waals surface area contributed by atoms with E-state index in [4.69, 9.17) is 0 Å². The maximum atomic E-state index is 12.3. The predicted molar refractivity (Wildman–Crippen MR) is 116 cm³/mol. The molecule has 1 heterocycles. The van der Waals surface area contributed by atoms with E-state index in [9.17, 15) is 4.79 Å². The third-order valence-electron chi connectivity index (χ3n) is 4.90. The van der Waals surface area contributed by atoms with Crippen molar-refractivity contribution in [3.8, 4) is 0 Å². The molecule has 0 atom stereocenters. The molecule has 0 radical (unpaired) electrons. The quantitative estimate of drug-likeness (QED) is 0.492. The zero-order valence-electron chi connectivity index (χ0n) is 16.6. The molecule has 3 rings (SSSR count). The summed E-state index contributed by atoms with van der Waals surface area (Å²) in [6.45, 7) is 3.49. The van der Waals surface area contributed by atoms with E-state index in [2.05, 4.69) is 32.9 Å². The number of aryl methyl sites for hydroxylation is 1. The number of benzene rings is 1. The third-order valence-corrected chi connectivity index (χ3v) is 5.88. The third kappa shape index (κ3) is 6.05. The average Bonchev–Trinajstić information content (AvgIpc) is 3.37. The summed E-state index contributed by atoms with van der Waals surface area (Å²) < 4.78 is 0. The fourth-order valence-corrected chi connectivity index (χ4v) is 4.19. The van der Waals surface area contributed by atoms with Gasteiger partial charge in [-0.1, -0.05) is 25.0 Å². The van der Waals surface area contributed by atoms with Crippen LogP contribution in [0.4, 0.5) is 5.69 Å². The first-order valence-electron chi connectivity index (χ1n) is 9.89. The molecule has 3 N–H and O–H groups in total. The van der Waals surface area contributed by atoms with Gasteiger partial charge < -0.3 is 16.0 Å². The van der Waals surface area contributed by atoms with E-state index in [0.717, 1.165) is 60.9 Å². The second-order valence-electron chi connectivity index (χ2n) is 7.14. The lowest BCUT2D eigenvalue weighted by atomic mass is 10.1. The number of hydrogen-bond acceptors (Lipinski definition) is 4. The Morgan fingerprint density at radius 3 is 2.82 bits per heavy atom. The number of nitrogens with one attached hydrogen (secondary N) is 3. The highest BCUT2D eigenvalue weighted by Crippen LogP contribution is 2.26. The van der Waals surface area contributed by atoms with Gasteiger partial charge in [0.25, 0.3) is 0 Å². The van der Waals surface area contributed by atoms with Crippen LogP contribution in [0.2, 0.25) is 0 Å². The number of guanidine groups is 1. The summed E-state index contributed by atoms with van der Waals surface area (Å²) in [4.78, 5) is 22.2. The number of rotatable bonds is 7. The van der Waals surface area contributed by atoms with Gasteiger partial charge in [-0.2, -0.15) is 0 Å². The average molecular weight is 400 g/mol. The molecule has 1 aromatic heterocycles. The monoisotopic (exact) mass is 399 g/mol. The van der Waals surface area contributed by atoms with Crippen molar-refractivity contribution in [2.45, 2.75) is 45.6 Å². The number of anilines is 1. The number of aromatic nitrogens is 1. The Hall–Kier alpha value is -2.41. The maximum Gasteiger partial charge on any atom is 0.227 e. The van der Waals surface area contributed by atoms with Crippen molar-refractivity contribution in [2.24, 2.45) is 10.9 Å². The number of nitrogens with zero attached hydrogens (tertiary/aromatic N) is 2. The zero-order valence-corrected chi connectivity index (χ0v) is 17.4. The molecule has 0 bridgehead atoms. The maximum absolute atomic E-state index is 12.3. The molecular weight excluding hydrogens is 370 g/mol. The lowest BCUT2D eigenvalue weighted by Gasteiger charge is -2.13. The molecule has 0 aliphatic heterocycles. The van der Waals surface area contributed by atoms with E-state index in [-0.39, 0.29) is 11.8 Å². The van der Waals surface area contributed by atoms with Gasteiger partial charge in [0.1, 0.15) is 0 Å². The number of carbonyl (C=O) groups is 1. The van der Waals surface area contributed by atoms with Crippen molar-refractivity contribution in [1.82, 2.24) is 15.6 Å². The molecule has 2 aromatic rings. The number of thiazole rings is 1. The second-order valence-corrected chi connectivity index (χ2v) is 8.46. The second kappa shape index (κ2) is 10.2. The van der Waals surface area contributed by atoms with Gasteiger partial charge >= 0.3 is 0 Å². The molecule has 6 nitrogen and oxygen atoms in total. The summed E-state index contributed by atoms with van der Waals surface area (Å²) in [5.41, 5.74) is 1.96. The number of aliphatic imine (C=N–C) groups is 1. The van der Waals surface area contributed by atoms with Crippen LogP contribution in [0.1, 0.15) is 41.1 Å². The summed E-state index contributed by atoms with van der Waals surface area (Å²) >= 11 is 1.73. The predicted octanol–water partition coefficient (Wildman–Crippen LogP) is 3.49. The summed E-state index contributed by atoms with van der Waals surface area (Å²) in [5.74, 6) is 1.08. The fourth-order valence-electron chi connectivity index (χ4n) is 3.40. The summed E-state index contributed by atoms with van der Waals surface area (Å²) in [6, 6.07) is 7.98. The first kappa shape index (κ1) is 20.3. The first-order chi connectivity index (χ1) is 13.6. The molecule has 1 aliphatic carbocycles. The van der Waals surface area contributed by atoms with Crippen LogP contribution >= 0.6 is 11.3 Å². The van der Waals surface area contributed by atoms with Crippen LogP contribution in [-0.4, -0.2) is 30.4 Å². The van der Waals surface area contributed by atoms with E-state index in [1.165, 1.54) is 4.88 Å². The Kier molecular flexibility index (Phi) is 7.42. The summed E-state index contributed by atoms with van der Waals surface area (Å²) in [7, 11) is 1.77. The minimum atomic E-state index is 0.150. The standard InChI is InChI=1S/C21H29N5OS/c1-15-13-24-19(28-15)10-11-23-21(22-2)25-14-16-6-5-9-18(12-16)26-20(27)17-7-3-4-8-17/h5-6,9,12-13,17H,3-4,7-8,10-11,14H2,1-2H3,(H,26,27)(H2,22,23,25). The normalized spacial score (nSPS) is 14.9. The van der Waals surface area contributed by atoms with Crippen LogP contribution in [0.15, 0.2) is 35.5 Å². The molecule has 1 aromatic carbocycles. The Morgan fingerprint density at radius 1 is 1.29 bits per heavy atom. The summed E-state index contributed by atoms with van der Waals surface area (Å²) in [5, 5.41) is 10.8. The SMILES string of the molecule is CN=C(NCCc1ncc(C)s1)NCc1cccc(NC(=O)C2CCCC2)c1. The fraction of sp³-hybridized carbons (Fsp3) is 0.476. The molecule has 0 spiro atoms. The molecule has 1 saturated carbocycles. The molecule has 0 unspecified atom stereocenters. The van der Waals surface area contributed by atoms with E-state index in [1.807, 2.05) is 30.5 Å². The Labute approximate surface area is 170 Å². The van der Waals surface area contributed by atoms with Gasteiger partial charge in [0.05, 0.1) is 5.01 Å². The number of hydrogen-bond donors (Lipinski definition) is 3. The highest BCUT2D eigenvalue weighted by Gasteiger charge is 2.22. The van der Waals surface area contributed by atoms with Crippen LogP contribution < -0.4 is 16.0 Å². The van der Waals surface area contributed by atoms with Gasteiger partial charge in [-0.3, -0.25) is 9.79 Å². The molecular formula is C21H29N5OS. The van der Waals surface area contributed by atoms with Gasteiger partial charge in [-0.25, -0.2) is 4.98 Å². The molecule has 28 heavy (non-hydrogen) atoms. The number of amides is 1. The number of carbonyl (C=O) groups excluding carboxylic acids is 1. The Bertz CT molecular complexity index is 811. The zero-order chi connectivity index (χ0) is 19.8. The van der Waals surface area contributed by atoms with Crippen molar-refractivity contribution in [3.05, 3.63) is 45.9 Å². The largest absolute Gasteiger partial charge is 0.356 e. The minimum absolute atomic E-state index is 0.150. The van der Waals surface area contributed by atoms with E-state index in [0.29, 0.717) is 6.54 Å². The van der Waals surface area contributed by atoms with Gasteiger partial charge in [0.15, 0.2) is 5.96 Å². The van der Waals surface area contributed by atoms with Gasteiger partial charge in [-0.15, -0.1) is 11.3 Å². The highest BCUT2D eigenvalue weighted by atomic mass is 32.1. The molecule has 7 heteroatoms. The Balaban J connectivity index is 1.45. The smallest absolute Gasteiger partial charge is 0.227 e. The minimum Gasteiger partial charge on any atom is -0.356 e. The van der Waals surface area contributed by atoms with Gasteiger partial charge in [-0.05, 0) is 37.5 Å². The molecule has 1 aliphatic rings. The lowest BCUT2D eigenvalue weighted by molar-refractivity contribution is -0.119. The van der Waals surface area contributed by atoms with Crippen LogP contribution in [-0.2, 0) is 17.8 Å². The molecule has 1 amide bonds. The van der Waals surface area contributed by atoms with Gasteiger partial charge in [0.2, 0.25) is 5.91 Å². The van der Waals surface area contributed by atoms with E-state index >= 15 is 0 Å². The molecule has 0 saturated heterocycles. The topological polar surface area (TPSA) is 78.4 Å². The van der Waals surface area contributed by atoms with E-state index in [1.54, 1.807) is 18.4 Å². The first-order valence-corrected chi connectivity index (χ1v) is 10.7. The van der Waals surface area contributed by atoms with Crippen LogP contribution in [0, 0.1) is 12.8 Å². The lowest BCUT2D eigenvalue weighted by Crippen LogP contribution is -2.37.